The first kappa shape index (κ1) is 15.6. The Bertz CT molecular complexity index is 430. The van der Waals surface area contributed by atoms with Gasteiger partial charge in [-0.2, -0.15) is 0 Å². The molecule has 0 spiro atoms. The average molecular weight is 291 g/mol. The number of benzene rings is 1. The fourth-order valence-corrected chi connectivity index (χ4v) is 3.67. The van der Waals surface area contributed by atoms with Gasteiger partial charge in [-0.05, 0) is 55.1 Å². The van der Waals surface area contributed by atoms with E-state index < -0.39 is 11.4 Å². The second-order valence-corrected chi connectivity index (χ2v) is 7.97. The van der Waals surface area contributed by atoms with Gasteiger partial charge in [0.25, 0.3) is 0 Å². The molecular formula is C17H25NOS. The molecule has 0 aliphatic heterocycles. The molecule has 20 heavy (non-hydrogen) atoms. The second kappa shape index (κ2) is 6.77. The molecule has 1 aromatic rings. The van der Waals surface area contributed by atoms with Crippen LogP contribution >= 0.6 is 0 Å². The van der Waals surface area contributed by atoms with E-state index in [1.54, 1.807) is 0 Å². The molecule has 0 heterocycles. The van der Waals surface area contributed by atoms with Gasteiger partial charge in [-0.25, -0.2) is 0 Å². The van der Waals surface area contributed by atoms with E-state index in [1.807, 2.05) is 36.5 Å². The quantitative estimate of drug-likeness (QED) is 0.590. The molecule has 3 heteroatoms. The zero-order valence-electron chi connectivity index (χ0n) is 12.7. The van der Waals surface area contributed by atoms with E-state index in [1.165, 1.54) is 25.7 Å². The predicted octanol–water partition coefficient (Wildman–Crippen LogP) is 4.63. The van der Waals surface area contributed by atoms with E-state index in [0.29, 0.717) is 11.3 Å². The number of rotatable bonds is 3. The van der Waals surface area contributed by atoms with Crippen LogP contribution in [0.2, 0.25) is 0 Å². The summed E-state index contributed by atoms with van der Waals surface area (Å²) in [6.07, 6.45) is 6.81. The van der Waals surface area contributed by atoms with Gasteiger partial charge in [0.15, 0.2) is 4.90 Å². The summed E-state index contributed by atoms with van der Waals surface area (Å²) in [4.78, 5) is 0.784. The lowest BCUT2D eigenvalue weighted by Crippen LogP contribution is -2.26. The first-order chi connectivity index (χ1) is 9.47. The van der Waals surface area contributed by atoms with Gasteiger partial charge < -0.3 is 4.55 Å². The second-order valence-electron chi connectivity index (χ2n) is 6.79. The summed E-state index contributed by atoms with van der Waals surface area (Å²) in [6, 6.07) is 9.46. The van der Waals surface area contributed by atoms with E-state index >= 15 is 0 Å². The van der Waals surface area contributed by atoms with Crippen molar-refractivity contribution in [1.82, 2.24) is 0 Å². The SMILES string of the molecule is CC(C)(C)[C@H]1CC[C@H](/C=N/[S+]([O-])c2ccccc2)CC1. The molecule has 2 nitrogen and oxygen atoms in total. The van der Waals surface area contributed by atoms with E-state index in [9.17, 15) is 4.55 Å². The van der Waals surface area contributed by atoms with E-state index in [0.717, 1.165) is 10.8 Å². The third-order valence-corrected chi connectivity index (χ3v) is 5.30. The van der Waals surface area contributed by atoms with Gasteiger partial charge in [0.2, 0.25) is 0 Å². The fraction of sp³-hybridized carbons (Fsp3) is 0.588. The number of nitrogens with zero attached hydrogens (tertiary/aromatic N) is 1. The minimum absolute atomic E-state index is 0.412. The summed E-state index contributed by atoms with van der Waals surface area (Å²) in [5, 5.41) is 0. The van der Waals surface area contributed by atoms with Gasteiger partial charge in [0.05, 0.1) is 6.21 Å². The van der Waals surface area contributed by atoms with Gasteiger partial charge in [-0.3, -0.25) is 0 Å². The van der Waals surface area contributed by atoms with Crippen molar-refractivity contribution < 1.29 is 4.55 Å². The van der Waals surface area contributed by atoms with Crippen molar-refractivity contribution in [1.29, 1.82) is 0 Å². The summed E-state index contributed by atoms with van der Waals surface area (Å²) in [6.45, 7) is 6.99. The molecule has 1 fully saturated rings. The monoisotopic (exact) mass is 291 g/mol. The van der Waals surface area contributed by atoms with Gasteiger partial charge in [0, 0.05) is 0 Å². The molecule has 0 saturated heterocycles. The highest BCUT2D eigenvalue weighted by Gasteiger charge is 2.29. The first-order valence-corrected chi connectivity index (χ1v) is 8.58. The Hall–Kier alpha value is -0.800. The predicted molar refractivity (Wildman–Crippen MR) is 86.2 cm³/mol. The van der Waals surface area contributed by atoms with Gasteiger partial charge in [-0.15, -0.1) is 0 Å². The molecule has 0 radical (unpaired) electrons. The van der Waals surface area contributed by atoms with Gasteiger partial charge in [0.1, 0.15) is 11.4 Å². The maximum absolute atomic E-state index is 12.0. The van der Waals surface area contributed by atoms with Crippen LogP contribution in [-0.2, 0) is 11.4 Å². The molecule has 1 aliphatic rings. The Morgan fingerprint density at radius 2 is 1.70 bits per heavy atom. The summed E-state index contributed by atoms with van der Waals surface area (Å²) in [7, 11) is 0. The Labute approximate surface area is 126 Å². The molecule has 0 bridgehead atoms. The Morgan fingerprint density at radius 1 is 1.10 bits per heavy atom. The molecule has 1 unspecified atom stereocenters. The van der Waals surface area contributed by atoms with E-state index in [4.69, 9.17) is 0 Å². The van der Waals surface area contributed by atoms with Crippen LogP contribution in [0, 0.1) is 17.3 Å². The Kier molecular flexibility index (Phi) is 5.28. The van der Waals surface area contributed by atoms with Crippen LogP contribution in [0.15, 0.2) is 39.6 Å². The number of hydrogen-bond donors (Lipinski definition) is 0. The van der Waals surface area contributed by atoms with Crippen LogP contribution < -0.4 is 0 Å². The lowest BCUT2D eigenvalue weighted by atomic mass is 9.70. The highest BCUT2D eigenvalue weighted by atomic mass is 32.2. The fourth-order valence-electron chi connectivity index (χ4n) is 2.87. The van der Waals surface area contributed by atoms with Crippen LogP contribution in [0.25, 0.3) is 0 Å². The first-order valence-electron chi connectivity index (χ1n) is 7.48. The molecule has 2 rings (SSSR count). The summed E-state index contributed by atoms with van der Waals surface area (Å²) < 4.78 is 16.3. The zero-order valence-corrected chi connectivity index (χ0v) is 13.5. The molecule has 1 atom stereocenters. The van der Waals surface area contributed by atoms with Crippen molar-refractivity contribution in [3.05, 3.63) is 30.3 Å². The van der Waals surface area contributed by atoms with Crippen LogP contribution in [0.5, 0.6) is 0 Å². The lowest BCUT2D eigenvalue weighted by Gasteiger charge is -2.35. The van der Waals surface area contributed by atoms with Gasteiger partial charge >= 0.3 is 0 Å². The molecular weight excluding hydrogens is 266 g/mol. The normalized spacial score (nSPS) is 25.8. The molecule has 1 saturated carbocycles. The maximum Gasteiger partial charge on any atom is 0.182 e. The van der Waals surface area contributed by atoms with Crippen LogP contribution in [0.4, 0.5) is 0 Å². The Morgan fingerprint density at radius 3 is 2.25 bits per heavy atom. The van der Waals surface area contributed by atoms with Crippen molar-refractivity contribution in [3.63, 3.8) is 0 Å². The molecule has 0 N–H and O–H groups in total. The van der Waals surface area contributed by atoms with Gasteiger partial charge in [-0.1, -0.05) is 43.4 Å². The topological polar surface area (TPSA) is 35.4 Å². The third-order valence-electron chi connectivity index (χ3n) is 4.31. The molecule has 0 amide bonds. The highest BCUT2D eigenvalue weighted by molar-refractivity contribution is 7.90. The average Bonchev–Trinajstić information content (AvgIpc) is 2.45. The van der Waals surface area contributed by atoms with Crippen molar-refractivity contribution in [2.75, 3.05) is 0 Å². The lowest BCUT2D eigenvalue weighted by molar-refractivity contribution is 0.168. The largest absolute Gasteiger partial charge is 0.586 e. The van der Waals surface area contributed by atoms with Crippen molar-refractivity contribution in [3.8, 4) is 0 Å². The minimum Gasteiger partial charge on any atom is -0.586 e. The maximum atomic E-state index is 12.0. The van der Waals surface area contributed by atoms with Crippen LogP contribution in [0.1, 0.15) is 46.5 Å². The van der Waals surface area contributed by atoms with E-state index in [-0.39, 0.29) is 0 Å². The molecule has 0 aromatic heterocycles. The van der Waals surface area contributed by atoms with E-state index in [2.05, 4.69) is 25.2 Å². The van der Waals surface area contributed by atoms with Crippen molar-refractivity contribution in [2.45, 2.75) is 51.3 Å². The molecule has 1 aromatic carbocycles. The minimum atomic E-state index is -1.24. The highest BCUT2D eigenvalue weighted by Crippen LogP contribution is 2.39. The summed E-state index contributed by atoms with van der Waals surface area (Å²) in [5.41, 5.74) is 0.412. The number of hydrogen-bond acceptors (Lipinski definition) is 2. The van der Waals surface area contributed by atoms with Crippen molar-refractivity contribution >= 4 is 17.6 Å². The summed E-state index contributed by atoms with van der Waals surface area (Å²) in [5.74, 6) is 1.31. The summed E-state index contributed by atoms with van der Waals surface area (Å²) >= 11 is -1.24. The van der Waals surface area contributed by atoms with Crippen LogP contribution in [-0.4, -0.2) is 10.8 Å². The third kappa shape index (κ3) is 4.35. The van der Waals surface area contributed by atoms with Crippen LogP contribution in [0.3, 0.4) is 0 Å². The molecule has 110 valence electrons. The smallest absolute Gasteiger partial charge is 0.182 e. The molecule has 1 aliphatic carbocycles. The van der Waals surface area contributed by atoms with Crippen molar-refractivity contribution in [2.24, 2.45) is 21.6 Å². The Balaban J connectivity index is 1.85. The zero-order chi connectivity index (χ0) is 14.6. The standard InChI is InChI=1S/C17H25NOS/c1-17(2,3)15-11-9-14(10-12-15)13-18-20(19)16-7-5-4-6-8-16/h4-8,13-15H,9-12H2,1-3H3/b18-13+/t14-,15-,20?.